The maximum Gasteiger partial charge on any atom is 0.157 e. The monoisotopic (exact) mass is 227 g/mol. The van der Waals surface area contributed by atoms with Gasteiger partial charge in [0, 0.05) is 17.4 Å². The molecule has 0 atom stereocenters. The van der Waals surface area contributed by atoms with Crippen LogP contribution in [0.25, 0.3) is 0 Å². The average molecular weight is 227 g/mol. The maximum atomic E-state index is 10.2. The fourth-order valence-electron chi connectivity index (χ4n) is 1.48. The topological polar surface area (TPSA) is 38.3 Å². The lowest BCUT2D eigenvalue weighted by Crippen LogP contribution is -1.98. The Hall–Kier alpha value is -2.29. The first-order chi connectivity index (χ1) is 8.38. The van der Waals surface area contributed by atoms with Crippen molar-refractivity contribution in [3.05, 3.63) is 54.6 Å². The van der Waals surface area contributed by atoms with E-state index in [1.54, 1.807) is 0 Å². The molecule has 2 rings (SSSR count). The van der Waals surface area contributed by atoms with Gasteiger partial charge in [0.15, 0.2) is 6.29 Å². The number of nitrogens with one attached hydrogen (secondary N) is 1. The number of carbonyl (C=O) groups excluding carboxylic acids is 1. The predicted octanol–water partition coefficient (Wildman–Crippen LogP) is 3.01. The zero-order valence-electron chi connectivity index (χ0n) is 9.30. The summed E-state index contributed by atoms with van der Waals surface area (Å²) in [6, 6.07) is 17.4. The average Bonchev–Trinajstić information content (AvgIpc) is 2.38. The zero-order valence-corrected chi connectivity index (χ0v) is 9.30. The van der Waals surface area contributed by atoms with E-state index in [0.29, 0.717) is 5.75 Å². The van der Waals surface area contributed by atoms with E-state index in [0.717, 1.165) is 17.7 Å². The largest absolute Gasteiger partial charge is 0.486 e. The molecule has 0 aliphatic carbocycles. The third-order valence-corrected chi connectivity index (χ3v) is 2.21. The van der Waals surface area contributed by atoms with Crippen LogP contribution < -0.4 is 10.1 Å². The smallest absolute Gasteiger partial charge is 0.157 e. The molecule has 0 radical (unpaired) electrons. The van der Waals surface area contributed by atoms with E-state index in [2.05, 4.69) is 5.32 Å². The second-order valence-electron chi connectivity index (χ2n) is 3.50. The van der Waals surface area contributed by atoms with E-state index in [4.69, 9.17) is 4.74 Å². The molecule has 0 aromatic heterocycles. The first kappa shape index (κ1) is 11.2. The summed E-state index contributed by atoms with van der Waals surface area (Å²) >= 11 is 0. The molecule has 0 saturated carbocycles. The molecule has 2 aromatic carbocycles. The Bertz CT molecular complexity index is 483. The number of benzene rings is 2. The Balaban J connectivity index is 2.08. The number of aldehydes is 1. The number of carbonyl (C=O) groups is 1. The molecule has 17 heavy (non-hydrogen) atoms. The van der Waals surface area contributed by atoms with Crippen molar-refractivity contribution in [3.8, 4) is 5.75 Å². The van der Waals surface area contributed by atoms with Crippen LogP contribution in [0.15, 0.2) is 54.6 Å². The van der Waals surface area contributed by atoms with E-state index in [-0.39, 0.29) is 6.61 Å². The summed E-state index contributed by atoms with van der Waals surface area (Å²) < 4.78 is 5.23. The second kappa shape index (κ2) is 5.70. The van der Waals surface area contributed by atoms with Gasteiger partial charge < -0.3 is 10.1 Å². The lowest BCUT2D eigenvalue weighted by atomic mass is 10.2. The molecule has 1 N–H and O–H groups in total. The van der Waals surface area contributed by atoms with Gasteiger partial charge in [-0.25, -0.2) is 0 Å². The van der Waals surface area contributed by atoms with Gasteiger partial charge in [0.1, 0.15) is 12.4 Å². The van der Waals surface area contributed by atoms with Crippen LogP contribution in [0.5, 0.6) is 5.75 Å². The number of rotatable bonds is 5. The molecule has 3 nitrogen and oxygen atoms in total. The first-order valence-corrected chi connectivity index (χ1v) is 5.37. The van der Waals surface area contributed by atoms with Crippen molar-refractivity contribution in [2.24, 2.45) is 0 Å². The van der Waals surface area contributed by atoms with Crippen LogP contribution in [0.3, 0.4) is 0 Å². The van der Waals surface area contributed by atoms with Gasteiger partial charge in [-0.1, -0.05) is 24.3 Å². The van der Waals surface area contributed by atoms with Crippen molar-refractivity contribution in [3.63, 3.8) is 0 Å². The van der Waals surface area contributed by atoms with Crippen molar-refractivity contribution < 1.29 is 9.53 Å². The molecule has 0 aliphatic rings. The van der Waals surface area contributed by atoms with Crippen LogP contribution in [0, 0.1) is 0 Å². The summed E-state index contributed by atoms with van der Waals surface area (Å²) in [5, 5.41) is 3.25. The molecule has 3 heteroatoms. The lowest BCUT2D eigenvalue weighted by molar-refractivity contribution is -0.109. The van der Waals surface area contributed by atoms with Crippen molar-refractivity contribution in [1.29, 1.82) is 0 Å². The molecule has 0 saturated heterocycles. The molecule has 0 spiro atoms. The Morgan fingerprint density at radius 2 is 1.76 bits per heavy atom. The van der Waals surface area contributed by atoms with E-state index in [1.165, 1.54) is 0 Å². The molecule has 0 unspecified atom stereocenters. The highest BCUT2D eigenvalue weighted by molar-refractivity contribution is 5.61. The Morgan fingerprint density at radius 1 is 1.00 bits per heavy atom. The van der Waals surface area contributed by atoms with Crippen molar-refractivity contribution in [2.45, 2.75) is 0 Å². The van der Waals surface area contributed by atoms with E-state index in [9.17, 15) is 4.79 Å². The maximum absolute atomic E-state index is 10.2. The number of hydrogen-bond donors (Lipinski definition) is 1. The van der Waals surface area contributed by atoms with Crippen molar-refractivity contribution in [2.75, 3.05) is 11.9 Å². The normalized spacial score (nSPS) is 9.65. The molecular weight excluding hydrogens is 214 g/mol. The Morgan fingerprint density at radius 3 is 2.53 bits per heavy atom. The summed E-state index contributed by atoms with van der Waals surface area (Å²) in [6.45, 7) is 0.0782. The van der Waals surface area contributed by atoms with Crippen LogP contribution in [-0.4, -0.2) is 12.9 Å². The van der Waals surface area contributed by atoms with Crippen molar-refractivity contribution in [1.82, 2.24) is 0 Å². The van der Waals surface area contributed by atoms with E-state index < -0.39 is 0 Å². The van der Waals surface area contributed by atoms with Crippen LogP contribution in [0.4, 0.5) is 11.4 Å². The summed E-state index contributed by atoms with van der Waals surface area (Å²) in [5.74, 6) is 0.679. The third kappa shape index (κ3) is 3.34. The van der Waals surface area contributed by atoms with Crippen LogP contribution >= 0.6 is 0 Å². The highest BCUT2D eigenvalue weighted by Crippen LogP contribution is 2.21. The van der Waals surface area contributed by atoms with Gasteiger partial charge in [-0.05, 0) is 24.3 Å². The molecule has 0 bridgehead atoms. The minimum atomic E-state index is 0.0782. The lowest BCUT2D eigenvalue weighted by Gasteiger charge is -2.08. The van der Waals surface area contributed by atoms with E-state index >= 15 is 0 Å². The zero-order chi connectivity index (χ0) is 11.9. The molecule has 2 aromatic rings. The quantitative estimate of drug-likeness (QED) is 0.798. The molecule has 0 heterocycles. The van der Waals surface area contributed by atoms with Crippen molar-refractivity contribution >= 4 is 17.7 Å². The van der Waals surface area contributed by atoms with Crippen LogP contribution in [0.1, 0.15) is 0 Å². The fraction of sp³-hybridized carbons (Fsp3) is 0.0714. The van der Waals surface area contributed by atoms with Gasteiger partial charge >= 0.3 is 0 Å². The Kier molecular flexibility index (Phi) is 3.76. The number of anilines is 2. The summed E-state index contributed by atoms with van der Waals surface area (Å²) in [5.41, 5.74) is 1.94. The predicted molar refractivity (Wildman–Crippen MR) is 67.7 cm³/mol. The molecule has 0 amide bonds. The minimum Gasteiger partial charge on any atom is -0.486 e. The molecule has 0 fully saturated rings. The second-order valence-corrected chi connectivity index (χ2v) is 3.50. The highest BCUT2D eigenvalue weighted by Gasteiger charge is 1.97. The molecule has 0 aliphatic heterocycles. The number of para-hydroxylation sites is 1. The highest BCUT2D eigenvalue weighted by atomic mass is 16.5. The summed E-state index contributed by atoms with van der Waals surface area (Å²) in [4.78, 5) is 10.2. The fourth-order valence-corrected chi connectivity index (χ4v) is 1.48. The standard InChI is InChI=1S/C14H13NO2/c16-9-10-17-14-8-4-7-13(11-14)15-12-5-2-1-3-6-12/h1-9,11,15H,10H2. The Labute approximate surface area is 100 Å². The molecule has 86 valence electrons. The van der Waals surface area contributed by atoms with Gasteiger partial charge in [0.2, 0.25) is 0 Å². The van der Waals surface area contributed by atoms with Gasteiger partial charge in [0.25, 0.3) is 0 Å². The summed E-state index contributed by atoms with van der Waals surface area (Å²) in [6.07, 6.45) is 0.733. The first-order valence-electron chi connectivity index (χ1n) is 5.37. The van der Waals surface area contributed by atoms with Gasteiger partial charge in [-0.15, -0.1) is 0 Å². The third-order valence-electron chi connectivity index (χ3n) is 2.21. The number of hydrogen-bond acceptors (Lipinski definition) is 3. The molecular formula is C14H13NO2. The number of ether oxygens (including phenoxy) is 1. The van der Waals surface area contributed by atoms with Crippen LogP contribution in [0.2, 0.25) is 0 Å². The van der Waals surface area contributed by atoms with Gasteiger partial charge in [-0.2, -0.15) is 0 Å². The minimum absolute atomic E-state index is 0.0782. The van der Waals surface area contributed by atoms with E-state index in [1.807, 2.05) is 54.6 Å². The summed E-state index contributed by atoms with van der Waals surface area (Å²) in [7, 11) is 0. The van der Waals surface area contributed by atoms with Gasteiger partial charge in [-0.3, -0.25) is 4.79 Å². The van der Waals surface area contributed by atoms with Gasteiger partial charge in [0.05, 0.1) is 0 Å². The SMILES string of the molecule is O=CCOc1cccc(Nc2ccccc2)c1. The van der Waals surface area contributed by atoms with Crippen LogP contribution in [-0.2, 0) is 4.79 Å².